The summed E-state index contributed by atoms with van der Waals surface area (Å²) in [4.78, 5) is 2.25. The molecule has 1 saturated carbocycles. The molecule has 1 aliphatic rings. The van der Waals surface area contributed by atoms with E-state index in [9.17, 15) is 4.39 Å². The largest absolute Gasteiger partial charge is 0.399 e. The molecule has 2 nitrogen and oxygen atoms in total. The van der Waals surface area contributed by atoms with Gasteiger partial charge >= 0.3 is 0 Å². The van der Waals surface area contributed by atoms with Crippen molar-refractivity contribution in [1.29, 1.82) is 0 Å². The Hall–Kier alpha value is -1.35. The molecule has 16 heavy (non-hydrogen) atoms. The van der Waals surface area contributed by atoms with Crippen molar-refractivity contribution in [3.63, 3.8) is 0 Å². The Kier molecular flexibility index (Phi) is 3.25. The van der Waals surface area contributed by atoms with E-state index < -0.39 is 0 Å². The highest BCUT2D eigenvalue weighted by Gasteiger charge is 2.28. The summed E-state index contributed by atoms with van der Waals surface area (Å²) in [5.41, 5.74) is 6.71. The highest BCUT2D eigenvalue weighted by molar-refractivity contribution is 5.40. The van der Waals surface area contributed by atoms with Crippen molar-refractivity contribution in [3.05, 3.63) is 42.2 Å². The van der Waals surface area contributed by atoms with E-state index in [0.29, 0.717) is 23.8 Å². The van der Waals surface area contributed by atoms with Gasteiger partial charge in [-0.2, -0.15) is 0 Å². The molecule has 86 valence electrons. The molecule has 0 heterocycles. The Balaban J connectivity index is 2.08. The lowest BCUT2D eigenvalue weighted by atomic mass is 10.1. The first kappa shape index (κ1) is 11.1. The zero-order valence-corrected chi connectivity index (χ0v) is 9.32. The summed E-state index contributed by atoms with van der Waals surface area (Å²) in [5.74, 6) is -0.213. The second-order valence-corrected chi connectivity index (χ2v) is 4.30. The average molecular weight is 220 g/mol. The fraction of sp³-hybridized carbons (Fsp3) is 0.385. The van der Waals surface area contributed by atoms with Crippen LogP contribution in [-0.2, 0) is 6.54 Å². The van der Waals surface area contributed by atoms with Crippen LogP contribution in [0.15, 0.2) is 30.9 Å². The second kappa shape index (κ2) is 4.66. The smallest absolute Gasteiger partial charge is 0.129 e. The van der Waals surface area contributed by atoms with Crippen molar-refractivity contribution in [2.75, 3.05) is 12.3 Å². The fourth-order valence-electron chi connectivity index (χ4n) is 1.86. The van der Waals surface area contributed by atoms with Gasteiger partial charge in [0, 0.05) is 30.4 Å². The van der Waals surface area contributed by atoms with E-state index in [1.165, 1.54) is 18.9 Å². The number of hydrogen-bond donors (Lipinski definition) is 1. The minimum atomic E-state index is -0.213. The number of halogens is 1. The lowest BCUT2D eigenvalue weighted by molar-refractivity contribution is 0.279. The van der Waals surface area contributed by atoms with Gasteiger partial charge in [-0.1, -0.05) is 12.1 Å². The normalized spacial score (nSPS) is 15.4. The van der Waals surface area contributed by atoms with Gasteiger partial charge in [0.2, 0.25) is 0 Å². The summed E-state index contributed by atoms with van der Waals surface area (Å²) < 4.78 is 13.6. The van der Waals surface area contributed by atoms with Gasteiger partial charge in [-0.25, -0.2) is 4.39 Å². The summed E-state index contributed by atoms with van der Waals surface area (Å²) in [6, 6.07) is 5.50. The lowest BCUT2D eigenvalue weighted by Gasteiger charge is -2.20. The van der Waals surface area contributed by atoms with Gasteiger partial charge in [0.1, 0.15) is 5.82 Å². The summed E-state index contributed by atoms with van der Waals surface area (Å²) in [5, 5.41) is 0. The van der Waals surface area contributed by atoms with E-state index in [2.05, 4.69) is 11.5 Å². The van der Waals surface area contributed by atoms with E-state index in [4.69, 9.17) is 5.73 Å². The SMILES string of the molecule is C=CCN(Cc1ccc(N)cc1F)C1CC1. The van der Waals surface area contributed by atoms with Crippen LogP contribution < -0.4 is 5.73 Å². The molecule has 1 aromatic rings. The van der Waals surface area contributed by atoms with Crippen molar-refractivity contribution in [3.8, 4) is 0 Å². The first-order chi connectivity index (χ1) is 7.70. The molecular weight excluding hydrogens is 203 g/mol. The number of anilines is 1. The number of nitrogens with zero attached hydrogens (tertiary/aromatic N) is 1. The number of nitrogen functional groups attached to an aromatic ring is 1. The minimum Gasteiger partial charge on any atom is -0.399 e. The van der Waals surface area contributed by atoms with E-state index in [0.717, 1.165) is 6.54 Å². The third-order valence-electron chi connectivity index (χ3n) is 2.88. The lowest BCUT2D eigenvalue weighted by Crippen LogP contribution is -2.26. The van der Waals surface area contributed by atoms with Gasteiger partial charge < -0.3 is 5.73 Å². The summed E-state index contributed by atoms with van der Waals surface area (Å²) in [7, 11) is 0. The summed E-state index contributed by atoms with van der Waals surface area (Å²) in [6.07, 6.45) is 4.29. The highest BCUT2D eigenvalue weighted by atomic mass is 19.1. The molecule has 1 aliphatic carbocycles. The van der Waals surface area contributed by atoms with Crippen LogP contribution in [0.5, 0.6) is 0 Å². The number of nitrogens with two attached hydrogens (primary N) is 1. The second-order valence-electron chi connectivity index (χ2n) is 4.30. The van der Waals surface area contributed by atoms with E-state index in [1.54, 1.807) is 12.1 Å². The Labute approximate surface area is 95.6 Å². The van der Waals surface area contributed by atoms with Crippen molar-refractivity contribution in [1.82, 2.24) is 4.90 Å². The maximum atomic E-state index is 13.6. The molecule has 0 saturated heterocycles. The third-order valence-corrected chi connectivity index (χ3v) is 2.88. The van der Waals surface area contributed by atoms with Gasteiger partial charge in [-0.05, 0) is 25.0 Å². The topological polar surface area (TPSA) is 29.3 Å². The zero-order chi connectivity index (χ0) is 11.5. The number of hydrogen-bond acceptors (Lipinski definition) is 2. The summed E-state index contributed by atoms with van der Waals surface area (Å²) in [6.45, 7) is 5.19. The molecule has 0 bridgehead atoms. The first-order valence-electron chi connectivity index (χ1n) is 5.59. The van der Waals surface area contributed by atoms with Gasteiger partial charge in [0.05, 0.1) is 0 Å². The average Bonchev–Trinajstić information content (AvgIpc) is 3.04. The van der Waals surface area contributed by atoms with Crippen LogP contribution in [-0.4, -0.2) is 17.5 Å². The Morgan fingerprint density at radius 3 is 2.81 bits per heavy atom. The molecule has 2 N–H and O–H groups in total. The van der Waals surface area contributed by atoms with E-state index in [-0.39, 0.29) is 5.82 Å². The van der Waals surface area contributed by atoms with Crippen molar-refractivity contribution in [2.45, 2.75) is 25.4 Å². The fourth-order valence-corrected chi connectivity index (χ4v) is 1.86. The molecule has 0 aliphatic heterocycles. The maximum absolute atomic E-state index is 13.6. The van der Waals surface area contributed by atoms with Crippen molar-refractivity contribution < 1.29 is 4.39 Å². The van der Waals surface area contributed by atoms with Gasteiger partial charge in [-0.3, -0.25) is 4.90 Å². The van der Waals surface area contributed by atoms with Crippen LogP contribution in [0.4, 0.5) is 10.1 Å². The molecule has 0 aromatic heterocycles. The van der Waals surface area contributed by atoms with E-state index >= 15 is 0 Å². The van der Waals surface area contributed by atoms with Crippen LogP contribution in [0, 0.1) is 5.82 Å². The molecule has 1 fully saturated rings. The van der Waals surface area contributed by atoms with Crippen molar-refractivity contribution in [2.24, 2.45) is 0 Å². The number of benzene rings is 1. The molecular formula is C13H17FN2. The predicted molar refractivity (Wildman–Crippen MR) is 64.4 cm³/mol. The molecule has 0 amide bonds. The molecule has 0 spiro atoms. The highest BCUT2D eigenvalue weighted by Crippen LogP contribution is 2.28. The molecule has 0 atom stereocenters. The van der Waals surface area contributed by atoms with Crippen molar-refractivity contribution >= 4 is 5.69 Å². The standard InChI is InChI=1S/C13H17FN2/c1-2-7-16(12-5-6-12)9-10-3-4-11(15)8-13(10)14/h2-4,8,12H,1,5-7,9,15H2. The Bertz CT molecular complexity index is 386. The quantitative estimate of drug-likeness (QED) is 0.610. The Morgan fingerprint density at radius 1 is 1.50 bits per heavy atom. The van der Waals surface area contributed by atoms with Gasteiger partial charge in [0.15, 0.2) is 0 Å². The van der Waals surface area contributed by atoms with E-state index in [1.807, 2.05) is 6.08 Å². The monoisotopic (exact) mass is 220 g/mol. The molecule has 1 aromatic carbocycles. The predicted octanol–water partition coefficient (Wildman–Crippen LogP) is 2.56. The first-order valence-corrected chi connectivity index (χ1v) is 5.59. The molecule has 2 rings (SSSR count). The Morgan fingerprint density at radius 2 is 2.25 bits per heavy atom. The van der Waals surface area contributed by atoms with Gasteiger partial charge in [0.25, 0.3) is 0 Å². The van der Waals surface area contributed by atoms with Crippen LogP contribution >= 0.6 is 0 Å². The maximum Gasteiger partial charge on any atom is 0.129 e. The molecule has 3 heteroatoms. The zero-order valence-electron chi connectivity index (χ0n) is 9.32. The molecule has 0 radical (unpaired) electrons. The number of rotatable bonds is 5. The van der Waals surface area contributed by atoms with Crippen LogP contribution in [0.3, 0.4) is 0 Å². The van der Waals surface area contributed by atoms with Crippen LogP contribution in [0.25, 0.3) is 0 Å². The minimum absolute atomic E-state index is 0.213. The summed E-state index contributed by atoms with van der Waals surface area (Å²) >= 11 is 0. The third kappa shape index (κ3) is 2.61. The van der Waals surface area contributed by atoms with Crippen LogP contribution in [0.2, 0.25) is 0 Å². The molecule has 0 unspecified atom stereocenters. The van der Waals surface area contributed by atoms with Gasteiger partial charge in [-0.15, -0.1) is 6.58 Å². The van der Waals surface area contributed by atoms with Crippen LogP contribution in [0.1, 0.15) is 18.4 Å².